The first-order valence-electron chi connectivity index (χ1n) is 4.19. The normalized spacial score (nSPS) is 12.8. The van der Waals surface area contributed by atoms with Crippen LogP contribution in [-0.2, 0) is 0 Å². The molecule has 0 aliphatic carbocycles. The van der Waals surface area contributed by atoms with Gasteiger partial charge >= 0.3 is 0 Å². The molecular weight excluding hydrogens is 150 g/mol. The van der Waals surface area contributed by atoms with Crippen molar-refractivity contribution in [3.63, 3.8) is 0 Å². The average Bonchev–Trinajstić information content (AvgIpc) is 2.47. The first kappa shape index (κ1) is 9.07. The summed E-state index contributed by atoms with van der Waals surface area (Å²) in [6, 6.07) is 2.24. The second kappa shape index (κ2) is 4.12. The van der Waals surface area contributed by atoms with Crippen LogP contribution >= 0.6 is 0 Å². The van der Waals surface area contributed by atoms with Gasteiger partial charge in [0, 0.05) is 5.56 Å². The Kier molecular flexibility index (Phi) is 3.11. The van der Waals surface area contributed by atoms with E-state index >= 15 is 0 Å². The van der Waals surface area contributed by atoms with Gasteiger partial charge < -0.3 is 9.73 Å². The van der Waals surface area contributed by atoms with Gasteiger partial charge in [-0.05, 0) is 19.5 Å². The molecule has 1 rings (SSSR count). The van der Waals surface area contributed by atoms with Crippen LogP contribution in [0.1, 0.15) is 24.3 Å². The van der Waals surface area contributed by atoms with Crippen molar-refractivity contribution in [3.05, 3.63) is 36.3 Å². The molecule has 1 heterocycles. The first-order chi connectivity index (χ1) is 5.77. The summed E-state index contributed by atoms with van der Waals surface area (Å²) in [7, 11) is 0. The van der Waals surface area contributed by atoms with Crippen molar-refractivity contribution in [2.45, 2.75) is 19.9 Å². The lowest BCUT2D eigenvalue weighted by atomic mass is 10.1. The summed E-state index contributed by atoms with van der Waals surface area (Å²) in [5.74, 6) is 0.940. The molecule has 0 saturated carbocycles. The zero-order valence-electron chi connectivity index (χ0n) is 7.63. The number of hydrogen-bond donors (Lipinski definition) is 1. The minimum absolute atomic E-state index is 0.215. The molecule has 1 N–H and O–H groups in total. The van der Waals surface area contributed by atoms with Crippen molar-refractivity contribution in [2.75, 3.05) is 6.54 Å². The molecule has 0 aliphatic rings. The molecule has 0 spiro atoms. The van der Waals surface area contributed by atoms with Crippen LogP contribution in [0.2, 0.25) is 0 Å². The SMILES string of the molecule is C=CC(NCC)c1coc(C)c1. The van der Waals surface area contributed by atoms with E-state index in [1.807, 2.05) is 19.1 Å². The van der Waals surface area contributed by atoms with Crippen LogP contribution in [-0.4, -0.2) is 6.54 Å². The molecule has 0 radical (unpaired) electrons. The van der Waals surface area contributed by atoms with E-state index in [9.17, 15) is 0 Å². The predicted molar refractivity (Wildman–Crippen MR) is 50.1 cm³/mol. The summed E-state index contributed by atoms with van der Waals surface area (Å²) in [5, 5.41) is 3.28. The van der Waals surface area contributed by atoms with Gasteiger partial charge in [-0.3, -0.25) is 0 Å². The predicted octanol–water partition coefficient (Wildman–Crippen LogP) is 2.42. The van der Waals surface area contributed by atoms with Crippen LogP contribution in [0.5, 0.6) is 0 Å². The van der Waals surface area contributed by atoms with Crippen LogP contribution in [0.4, 0.5) is 0 Å². The van der Waals surface area contributed by atoms with E-state index in [0.717, 1.165) is 17.9 Å². The van der Waals surface area contributed by atoms with Gasteiger partial charge in [-0.25, -0.2) is 0 Å². The lowest BCUT2D eigenvalue weighted by molar-refractivity contribution is 0.527. The maximum absolute atomic E-state index is 5.21. The molecule has 66 valence electrons. The zero-order valence-corrected chi connectivity index (χ0v) is 7.63. The topological polar surface area (TPSA) is 25.2 Å². The van der Waals surface area contributed by atoms with Gasteiger partial charge in [0.05, 0.1) is 12.3 Å². The summed E-state index contributed by atoms with van der Waals surface area (Å²) in [5.41, 5.74) is 1.14. The molecule has 2 nitrogen and oxygen atoms in total. The van der Waals surface area contributed by atoms with Crippen molar-refractivity contribution in [1.82, 2.24) is 5.32 Å². The first-order valence-corrected chi connectivity index (χ1v) is 4.19. The molecule has 1 aromatic heterocycles. The average molecular weight is 165 g/mol. The van der Waals surface area contributed by atoms with Crippen LogP contribution in [0.3, 0.4) is 0 Å². The third kappa shape index (κ3) is 1.98. The Bertz CT molecular complexity index is 252. The Labute approximate surface area is 73.3 Å². The summed E-state index contributed by atoms with van der Waals surface area (Å²) in [6.07, 6.45) is 3.65. The van der Waals surface area contributed by atoms with E-state index in [1.165, 1.54) is 0 Å². The molecule has 1 unspecified atom stereocenters. The molecule has 1 atom stereocenters. The molecule has 2 heteroatoms. The molecule has 0 fully saturated rings. The Morgan fingerprint density at radius 3 is 2.92 bits per heavy atom. The fourth-order valence-corrected chi connectivity index (χ4v) is 1.18. The van der Waals surface area contributed by atoms with Crippen molar-refractivity contribution in [2.24, 2.45) is 0 Å². The maximum Gasteiger partial charge on any atom is 0.101 e. The zero-order chi connectivity index (χ0) is 8.97. The van der Waals surface area contributed by atoms with E-state index in [2.05, 4.69) is 18.8 Å². The highest BCUT2D eigenvalue weighted by Gasteiger charge is 2.07. The Morgan fingerprint density at radius 1 is 1.75 bits per heavy atom. The fraction of sp³-hybridized carbons (Fsp3) is 0.400. The molecule has 0 bridgehead atoms. The second-order valence-electron chi connectivity index (χ2n) is 2.76. The molecule has 0 saturated heterocycles. The summed E-state index contributed by atoms with van der Waals surface area (Å²) in [6.45, 7) is 8.71. The third-order valence-electron chi connectivity index (χ3n) is 1.77. The molecule has 0 aromatic carbocycles. The third-order valence-corrected chi connectivity index (χ3v) is 1.77. The Balaban J connectivity index is 2.72. The summed E-state index contributed by atoms with van der Waals surface area (Å²) in [4.78, 5) is 0. The van der Waals surface area contributed by atoms with Crippen LogP contribution < -0.4 is 5.32 Å². The summed E-state index contributed by atoms with van der Waals surface area (Å²) < 4.78 is 5.21. The number of furan rings is 1. The van der Waals surface area contributed by atoms with Gasteiger partial charge in [0.25, 0.3) is 0 Å². The minimum Gasteiger partial charge on any atom is -0.469 e. The molecule has 1 aromatic rings. The van der Waals surface area contributed by atoms with Gasteiger partial charge in [0.1, 0.15) is 5.76 Å². The number of aryl methyl sites for hydroxylation is 1. The van der Waals surface area contributed by atoms with E-state index in [1.54, 1.807) is 6.26 Å². The van der Waals surface area contributed by atoms with Crippen LogP contribution in [0.25, 0.3) is 0 Å². The highest BCUT2D eigenvalue weighted by Crippen LogP contribution is 2.16. The molecular formula is C10H15NO. The second-order valence-corrected chi connectivity index (χ2v) is 2.76. The highest BCUT2D eigenvalue weighted by molar-refractivity contribution is 5.20. The molecule has 12 heavy (non-hydrogen) atoms. The quantitative estimate of drug-likeness (QED) is 0.693. The van der Waals surface area contributed by atoms with Crippen molar-refractivity contribution < 1.29 is 4.42 Å². The number of rotatable bonds is 4. The fourth-order valence-electron chi connectivity index (χ4n) is 1.18. The van der Waals surface area contributed by atoms with Crippen LogP contribution in [0.15, 0.2) is 29.4 Å². The van der Waals surface area contributed by atoms with E-state index < -0.39 is 0 Å². The largest absolute Gasteiger partial charge is 0.469 e. The van der Waals surface area contributed by atoms with Crippen molar-refractivity contribution in [1.29, 1.82) is 0 Å². The standard InChI is InChI=1S/C10H15NO/c1-4-10(11-5-2)9-6-8(3)12-7-9/h4,6-7,10-11H,1,5H2,2-3H3. The number of hydrogen-bond acceptors (Lipinski definition) is 2. The molecule has 0 aliphatic heterocycles. The van der Waals surface area contributed by atoms with Gasteiger partial charge in [-0.1, -0.05) is 13.0 Å². The maximum atomic E-state index is 5.21. The smallest absolute Gasteiger partial charge is 0.101 e. The van der Waals surface area contributed by atoms with Crippen LogP contribution in [0, 0.1) is 6.92 Å². The summed E-state index contributed by atoms with van der Waals surface area (Å²) >= 11 is 0. The van der Waals surface area contributed by atoms with Crippen molar-refractivity contribution >= 4 is 0 Å². The lowest BCUT2D eigenvalue weighted by Crippen LogP contribution is -2.17. The number of nitrogens with one attached hydrogen (secondary N) is 1. The monoisotopic (exact) mass is 165 g/mol. The Hall–Kier alpha value is -1.02. The lowest BCUT2D eigenvalue weighted by Gasteiger charge is -2.09. The van der Waals surface area contributed by atoms with Gasteiger partial charge in [-0.2, -0.15) is 0 Å². The number of likely N-dealkylation sites (N-methyl/N-ethyl adjacent to an activating group) is 1. The van der Waals surface area contributed by atoms with E-state index in [0.29, 0.717) is 0 Å². The minimum atomic E-state index is 0.215. The van der Waals surface area contributed by atoms with E-state index in [-0.39, 0.29) is 6.04 Å². The molecule has 0 amide bonds. The van der Waals surface area contributed by atoms with Crippen molar-refractivity contribution in [3.8, 4) is 0 Å². The van der Waals surface area contributed by atoms with Gasteiger partial charge in [-0.15, -0.1) is 6.58 Å². The van der Waals surface area contributed by atoms with Gasteiger partial charge in [0.2, 0.25) is 0 Å². The van der Waals surface area contributed by atoms with Gasteiger partial charge in [0.15, 0.2) is 0 Å². The highest BCUT2D eigenvalue weighted by atomic mass is 16.3. The Morgan fingerprint density at radius 2 is 2.50 bits per heavy atom. The van der Waals surface area contributed by atoms with E-state index in [4.69, 9.17) is 4.42 Å².